The Hall–Kier alpha value is -5.19. The number of ether oxygens (including phenoxy) is 2. The van der Waals surface area contributed by atoms with Gasteiger partial charge in [-0.25, -0.2) is 9.59 Å². The van der Waals surface area contributed by atoms with Gasteiger partial charge >= 0.3 is 11.9 Å². The fourth-order valence-corrected chi connectivity index (χ4v) is 5.08. The minimum Gasteiger partial charge on any atom is -0.454 e. The molecular weight excluding hydrogens is 532 g/mol. The van der Waals surface area contributed by atoms with Crippen molar-refractivity contribution in [2.24, 2.45) is 11.8 Å². The van der Waals surface area contributed by atoms with Crippen molar-refractivity contribution in [1.29, 1.82) is 0 Å². The smallest absolute Gasteiger partial charge is 0.343 e. The van der Waals surface area contributed by atoms with E-state index in [-0.39, 0.29) is 51.8 Å². The Kier molecular flexibility index (Phi) is 7.68. The number of Topliss-reactive ketones (excluding diaryl/α,β-unsaturated/α-hetero) is 1. The molecule has 3 aromatic rings. The number of nitro groups is 1. The zero-order chi connectivity index (χ0) is 29.1. The zero-order valence-corrected chi connectivity index (χ0v) is 21.7. The topological polar surface area (TPSA) is 150 Å². The molecule has 2 atom stereocenters. The molecule has 1 aliphatic carbocycles. The zero-order valence-electron chi connectivity index (χ0n) is 21.7. The van der Waals surface area contributed by atoms with Crippen LogP contribution in [0.4, 0.5) is 11.4 Å². The molecule has 1 heterocycles. The predicted octanol–water partition coefficient (Wildman–Crippen LogP) is 4.53. The average Bonchev–Trinajstić information content (AvgIpc) is 3.25. The van der Waals surface area contributed by atoms with Gasteiger partial charge in [-0.1, -0.05) is 18.9 Å². The van der Waals surface area contributed by atoms with Gasteiger partial charge in [0.1, 0.15) is 5.75 Å². The summed E-state index contributed by atoms with van der Waals surface area (Å²) in [5, 5.41) is 10.8. The first kappa shape index (κ1) is 27.4. The highest BCUT2D eigenvalue weighted by Gasteiger charge is 2.48. The van der Waals surface area contributed by atoms with Gasteiger partial charge < -0.3 is 9.47 Å². The molecule has 2 aliphatic rings. The van der Waals surface area contributed by atoms with E-state index >= 15 is 0 Å². The molecule has 1 saturated heterocycles. The Morgan fingerprint density at radius 3 is 2.02 bits per heavy atom. The molecule has 5 rings (SSSR count). The summed E-state index contributed by atoms with van der Waals surface area (Å²) in [6.45, 7) is -0.559. The highest BCUT2D eigenvalue weighted by atomic mass is 16.6. The van der Waals surface area contributed by atoms with E-state index < -0.39 is 29.3 Å². The van der Waals surface area contributed by atoms with Crippen LogP contribution in [0.3, 0.4) is 0 Å². The molecule has 0 spiro atoms. The summed E-state index contributed by atoms with van der Waals surface area (Å²) in [4.78, 5) is 74.6. The van der Waals surface area contributed by atoms with Crippen LogP contribution in [0.25, 0.3) is 0 Å². The van der Waals surface area contributed by atoms with Crippen molar-refractivity contribution in [1.82, 2.24) is 0 Å². The lowest BCUT2D eigenvalue weighted by Gasteiger charge is -2.19. The van der Waals surface area contributed by atoms with Gasteiger partial charge in [0.05, 0.1) is 33.6 Å². The lowest BCUT2D eigenvalue weighted by atomic mass is 9.81. The number of carbonyl (C=O) groups is 5. The van der Waals surface area contributed by atoms with Crippen LogP contribution in [-0.4, -0.2) is 41.1 Å². The summed E-state index contributed by atoms with van der Waals surface area (Å²) in [7, 11) is 0. The minimum absolute atomic E-state index is 0.0966. The summed E-state index contributed by atoms with van der Waals surface area (Å²) >= 11 is 0. The summed E-state index contributed by atoms with van der Waals surface area (Å²) in [5.41, 5.74) is 0.557. The number of hydrogen-bond acceptors (Lipinski definition) is 9. The maximum Gasteiger partial charge on any atom is 0.343 e. The van der Waals surface area contributed by atoms with Crippen molar-refractivity contribution >= 4 is 40.9 Å². The minimum atomic E-state index is -0.787. The molecular formula is C30H24N2O9. The van der Waals surface area contributed by atoms with Crippen LogP contribution in [-0.2, 0) is 14.3 Å². The van der Waals surface area contributed by atoms with E-state index in [0.717, 1.165) is 17.7 Å². The highest BCUT2D eigenvalue weighted by molar-refractivity contribution is 6.22. The van der Waals surface area contributed by atoms with Crippen LogP contribution in [0.2, 0.25) is 0 Å². The molecule has 0 aromatic heterocycles. The molecule has 2 fully saturated rings. The normalized spacial score (nSPS) is 18.0. The molecule has 3 aromatic carbocycles. The molecule has 2 amide bonds. The molecule has 11 heteroatoms. The van der Waals surface area contributed by atoms with Crippen LogP contribution in [0.1, 0.15) is 56.8 Å². The number of nitrogens with zero attached hydrogens (tertiary/aromatic N) is 2. The first-order valence-corrected chi connectivity index (χ1v) is 13.0. The van der Waals surface area contributed by atoms with Crippen molar-refractivity contribution in [3.05, 3.63) is 99.6 Å². The van der Waals surface area contributed by atoms with Crippen LogP contribution in [0, 0.1) is 22.0 Å². The van der Waals surface area contributed by atoms with E-state index in [1.54, 1.807) is 12.1 Å². The lowest BCUT2D eigenvalue weighted by Crippen LogP contribution is -2.31. The maximum atomic E-state index is 12.9. The van der Waals surface area contributed by atoms with E-state index in [1.807, 2.05) is 0 Å². The van der Waals surface area contributed by atoms with E-state index in [2.05, 4.69) is 0 Å². The third kappa shape index (κ3) is 5.74. The molecule has 1 aliphatic heterocycles. The van der Waals surface area contributed by atoms with Gasteiger partial charge in [-0.3, -0.25) is 29.4 Å². The molecule has 11 nitrogen and oxygen atoms in total. The van der Waals surface area contributed by atoms with Gasteiger partial charge in [0, 0.05) is 17.7 Å². The summed E-state index contributed by atoms with van der Waals surface area (Å²) < 4.78 is 10.4. The number of rotatable bonds is 8. The number of hydrogen-bond donors (Lipinski definition) is 0. The lowest BCUT2D eigenvalue weighted by molar-refractivity contribution is -0.384. The van der Waals surface area contributed by atoms with E-state index in [9.17, 15) is 34.1 Å². The van der Waals surface area contributed by atoms with E-state index in [0.29, 0.717) is 18.5 Å². The van der Waals surface area contributed by atoms with Crippen LogP contribution in [0.15, 0.2) is 72.8 Å². The average molecular weight is 557 g/mol. The fourth-order valence-electron chi connectivity index (χ4n) is 5.08. The fraction of sp³-hybridized carbons (Fsp3) is 0.233. The molecule has 0 bridgehead atoms. The van der Waals surface area contributed by atoms with Gasteiger partial charge in [-0.2, -0.15) is 0 Å². The van der Waals surface area contributed by atoms with Gasteiger partial charge in [0.25, 0.3) is 5.69 Å². The standard InChI is InChI=1S/C30H24N2O9/c33-26(18-10-14-23(15-11-18)41-30(37)19-8-12-21(13-9-19)32(38)39)17-40-29(36)20-4-3-5-22(16-20)31-27(34)24-6-1-2-7-25(24)28(31)35/h3-5,8-16,24-25H,1-2,6-7,17H2. The van der Waals surface area contributed by atoms with E-state index in [4.69, 9.17) is 9.47 Å². The monoisotopic (exact) mass is 556 g/mol. The highest BCUT2D eigenvalue weighted by Crippen LogP contribution is 2.40. The van der Waals surface area contributed by atoms with Crippen LogP contribution in [0.5, 0.6) is 5.75 Å². The number of carbonyl (C=O) groups excluding carboxylic acids is 5. The Morgan fingerprint density at radius 2 is 1.41 bits per heavy atom. The quantitative estimate of drug-likeness (QED) is 0.0973. The largest absolute Gasteiger partial charge is 0.454 e. The Morgan fingerprint density at radius 1 is 0.805 bits per heavy atom. The van der Waals surface area contributed by atoms with Gasteiger partial charge in [0.15, 0.2) is 12.4 Å². The summed E-state index contributed by atoms with van der Waals surface area (Å²) in [5.74, 6) is -3.01. The number of esters is 2. The van der Waals surface area contributed by atoms with Crippen molar-refractivity contribution in [2.75, 3.05) is 11.5 Å². The predicted molar refractivity (Wildman–Crippen MR) is 143 cm³/mol. The number of non-ortho nitro benzene ring substituents is 1. The number of imide groups is 1. The van der Waals surface area contributed by atoms with Gasteiger partial charge in [-0.15, -0.1) is 0 Å². The second-order valence-corrected chi connectivity index (χ2v) is 9.78. The number of benzene rings is 3. The number of amides is 2. The summed E-state index contributed by atoms with van der Waals surface area (Å²) in [6, 6.07) is 16.5. The molecule has 0 N–H and O–H groups in total. The molecule has 208 valence electrons. The van der Waals surface area contributed by atoms with E-state index in [1.165, 1.54) is 60.7 Å². The Labute approximate surface area is 233 Å². The van der Waals surface area contributed by atoms with Crippen LogP contribution < -0.4 is 9.64 Å². The number of fused-ring (bicyclic) bond motifs is 1. The molecule has 41 heavy (non-hydrogen) atoms. The third-order valence-electron chi connectivity index (χ3n) is 7.22. The van der Waals surface area contributed by atoms with Crippen molar-refractivity contribution in [3.63, 3.8) is 0 Å². The Bertz CT molecular complexity index is 1520. The third-order valence-corrected chi connectivity index (χ3v) is 7.22. The number of ketones is 1. The Balaban J connectivity index is 1.17. The van der Waals surface area contributed by atoms with Crippen molar-refractivity contribution in [2.45, 2.75) is 25.7 Å². The second kappa shape index (κ2) is 11.5. The number of anilines is 1. The SMILES string of the molecule is O=C(COC(=O)c1cccc(N2C(=O)C3CCCCC3C2=O)c1)c1ccc(OC(=O)c2ccc([N+](=O)[O-])cc2)cc1. The first-order valence-electron chi connectivity index (χ1n) is 13.0. The second-order valence-electron chi connectivity index (χ2n) is 9.78. The first-order chi connectivity index (χ1) is 19.7. The molecule has 2 unspecified atom stereocenters. The summed E-state index contributed by atoms with van der Waals surface area (Å²) in [6.07, 6.45) is 3.17. The molecule has 0 radical (unpaired) electrons. The molecule has 1 saturated carbocycles. The maximum absolute atomic E-state index is 12.9. The van der Waals surface area contributed by atoms with Crippen molar-refractivity contribution < 1.29 is 38.4 Å². The van der Waals surface area contributed by atoms with Gasteiger partial charge in [-0.05, 0) is 67.4 Å². The van der Waals surface area contributed by atoms with Gasteiger partial charge in [0.2, 0.25) is 11.8 Å². The van der Waals surface area contributed by atoms with Crippen molar-refractivity contribution in [3.8, 4) is 5.75 Å². The number of nitro benzene ring substituents is 1. The van der Waals surface area contributed by atoms with Crippen LogP contribution >= 0.6 is 0 Å².